The molecule has 0 spiro atoms. The van der Waals surface area contributed by atoms with Gasteiger partial charge in [-0.3, -0.25) is 27.9 Å². The van der Waals surface area contributed by atoms with Crippen LogP contribution < -0.4 is 10.6 Å². The van der Waals surface area contributed by atoms with E-state index in [4.69, 9.17) is 28.4 Å². The standard InChI is InChI=1S/C63H77FN8O25S3/c1-33-52(75)54(77)55(78)62(92-33)97-56-44(72-31-43(68-70-72)36-16-10-17-38(64)25-36)26-37(27-45(56)94-63-58(96-61(82)35-14-6-3-7-15-35)57(53(76)47(32-73)95-63)93-46(60(80)81)24-34-12-4-2-5-13-34)59(79)65-22-11-18-39-30-71(69-67-39)23-9-8-19-50(74)66-42-20-21-48(99(86,87)88)41-28-40(98(83,84)85)29-49(51(41)42)100(89,90)91/h3,6-7,10,14-17,20-21,25,28-31,33-34,37,44-47,52-58,62-63,73,75-78H,2,4-5,8-9,11-13,18-19,22-24,26-27,32H2,1H3,(H,65,79)(H,66,74)(H,80,81)(H,83,84,85)(H,86,87,88)(H,89,90,91)/t33?,37?,44?,45?,46-,47?,52?,53?,54?,55?,56?,57?,58?,62?,63?/m0/s1. The van der Waals surface area contributed by atoms with Gasteiger partial charge in [-0.15, -0.1) is 10.2 Å². The summed E-state index contributed by atoms with van der Waals surface area (Å²) < 4.78 is 159. The second-order valence-electron chi connectivity index (χ2n) is 25.2. The van der Waals surface area contributed by atoms with E-state index in [2.05, 4.69) is 31.3 Å². The number of carbonyl (C=O) groups excluding carboxylic acids is 3. The molecule has 4 aromatic carbocycles. The molecule has 4 fully saturated rings. The number of aliphatic carboxylic acids is 1. The molecule has 2 saturated carbocycles. The molecule has 2 aliphatic heterocycles. The quantitative estimate of drug-likeness (QED) is 0.0191. The van der Waals surface area contributed by atoms with Crippen LogP contribution in [0.1, 0.15) is 106 Å². The highest BCUT2D eigenvalue weighted by Crippen LogP contribution is 2.43. The number of halogens is 1. The van der Waals surface area contributed by atoms with Crippen molar-refractivity contribution >= 4 is 70.6 Å². The number of anilines is 1. The number of unbranched alkanes of at least 4 members (excludes halogenated alkanes) is 1. The summed E-state index contributed by atoms with van der Waals surface area (Å²) in [6.45, 7) is 0.802. The van der Waals surface area contributed by atoms with E-state index in [-0.39, 0.29) is 68.8 Å². The fourth-order valence-corrected chi connectivity index (χ4v) is 15.0. The van der Waals surface area contributed by atoms with Crippen molar-refractivity contribution < 1.29 is 122 Å². The number of aliphatic hydroxyl groups excluding tert-OH is 5. The van der Waals surface area contributed by atoms with Crippen molar-refractivity contribution in [3.8, 4) is 11.3 Å². The maximum Gasteiger partial charge on any atom is 0.338 e. The molecule has 37 heteroatoms. The Morgan fingerprint density at radius 2 is 1.48 bits per heavy atom. The average molecular weight is 1460 g/mol. The van der Waals surface area contributed by atoms with Gasteiger partial charge in [-0.25, -0.2) is 18.7 Å². The Morgan fingerprint density at radius 3 is 2.17 bits per heavy atom. The van der Waals surface area contributed by atoms with Crippen LogP contribution in [-0.2, 0) is 86.1 Å². The molecular formula is C63H77FN8O25S3. The SMILES string of the molecule is CC1OC(OC2C(OC3OC(CO)C(O)C(O[C@@H](CC4CCCCC4)C(=O)O)C3OC(=O)c3ccccc3)CC(C(=O)NCCCc3cn(CCCCC(=O)Nc4ccc(S(=O)(=O)O)c5cc(S(=O)(=O)O)cc(S(=O)(=O)O)c45)nn3)CC2n2cc(-c3cccc(F)c3)nn2)C(O)C(O)C1O. The molecular weight excluding hydrogens is 1380 g/mol. The summed E-state index contributed by atoms with van der Waals surface area (Å²) in [5, 5.41) is 87.6. The number of aryl methyl sites for hydroxylation is 2. The van der Waals surface area contributed by atoms with Gasteiger partial charge < -0.3 is 69.7 Å². The van der Waals surface area contributed by atoms with Crippen molar-refractivity contribution in [3.63, 3.8) is 0 Å². The lowest BCUT2D eigenvalue weighted by atomic mass is 9.80. The van der Waals surface area contributed by atoms with E-state index in [0.717, 1.165) is 31.4 Å². The zero-order valence-corrected chi connectivity index (χ0v) is 56.0. The van der Waals surface area contributed by atoms with Crippen LogP contribution in [0.5, 0.6) is 0 Å². The van der Waals surface area contributed by atoms with Crippen LogP contribution in [0.15, 0.2) is 106 Å². The third-order valence-corrected chi connectivity index (χ3v) is 20.8. The summed E-state index contributed by atoms with van der Waals surface area (Å²) in [4.78, 5) is 51.9. The molecule has 4 aliphatic rings. The first-order valence-corrected chi connectivity index (χ1v) is 36.5. The molecule has 2 aromatic heterocycles. The molecule has 2 amide bonds. The zero-order chi connectivity index (χ0) is 72.0. The highest BCUT2D eigenvalue weighted by Gasteiger charge is 2.55. The Labute approximate surface area is 572 Å². The number of carboxylic acid groups (broad SMARTS) is 1. The third kappa shape index (κ3) is 18.2. The predicted molar refractivity (Wildman–Crippen MR) is 341 cm³/mol. The average Bonchev–Trinajstić information content (AvgIpc) is 0.936. The Hall–Kier alpha value is -7.44. The number of carboxylic acids is 1. The number of nitrogens with one attached hydrogen (secondary N) is 2. The minimum atomic E-state index is -5.37. The number of esters is 1. The van der Waals surface area contributed by atoms with Gasteiger partial charge in [0.05, 0.1) is 52.9 Å². The van der Waals surface area contributed by atoms with E-state index >= 15 is 0 Å². The molecule has 2 aliphatic carbocycles. The summed E-state index contributed by atoms with van der Waals surface area (Å²) in [7, 11) is -15.8. The normalized spacial score (nSPS) is 26.6. The Balaban J connectivity index is 0.868. The van der Waals surface area contributed by atoms with Gasteiger partial charge in [0.1, 0.15) is 64.0 Å². The summed E-state index contributed by atoms with van der Waals surface area (Å²) in [6.07, 6.45) is -13.9. The number of hydrogen-bond acceptors (Lipinski definition) is 25. The van der Waals surface area contributed by atoms with Crippen molar-refractivity contribution in [2.75, 3.05) is 18.5 Å². The third-order valence-electron chi connectivity index (χ3n) is 18.1. The van der Waals surface area contributed by atoms with Gasteiger partial charge in [0.2, 0.25) is 11.8 Å². The largest absolute Gasteiger partial charge is 0.479 e. The number of nitrogens with zero attached hydrogens (tertiary/aromatic N) is 6. The lowest BCUT2D eigenvalue weighted by molar-refractivity contribution is -0.348. The van der Waals surface area contributed by atoms with Crippen LogP contribution in [0.25, 0.3) is 22.0 Å². The van der Waals surface area contributed by atoms with E-state index in [9.17, 15) is 93.1 Å². The first kappa shape index (κ1) is 75.2. The van der Waals surface area contributed by atoms with E-state index in [1.54, 1.807) is 30.5 Å². The first-order chi connectivity index (χ1) is 47.4. The highest BCUT2D eigenvalue weighted by molar-refractivity contribution is 7.87. The second kappa shape index (κ2) is 32.3. The molecule has 10 rings (SSSR count). The minimum Gasteiger partial charge on any atom is -0.479 e. The molecule has 544 valence electrons. The Kier molecular flexibility index (Phi) is 24.3. The molecule has 11 N–H and O–H groups in total. The van der Waals surface area contributed by atoms with Gasteiger partial charge in [0, 0.05) is 48.0 Å². The minimum absolute atomic E-state index is 0.0212. The number of rotatable bonds is 28. The number of aliphatic hydroxyl groups is 5. The summed E-state index contributed by atoms with van der Waals surface area (Å²) in [6, 6.07) is 14.5. The molecule has 6 aromatic rings. The second-order valence-corrected chi connectivity index (χ2v) is 29.4. The van der Waals surface area contributed by atoms with Gasteiger partial charge in [-0.2, -0.15) is 25.3 Å². The van der Waals surface area contributed by atoms with Crippen LogP contribution in [0, 0.1) is 17.7 Å². The van der Waals surface area contributed by atoms with Crippen molar-refractivity contribution in [3.05, 3.63) is 108 Å². The monoisotopic (exact) mass is 1460 g/mol. The van der Waals surface area contributed by atoms with Crippen molar-refractivity contribution in [1.82, 2.24) is 35.3 Å². The lowest BCUT2D eigenvalue weighted by Gasteiger charge is -2.48. The fraction of sp³-hybridized carbons (Fsp3) is 0.524. The smallest absolute Gasteiger partial charge is 0.338 e. The van der Waals surface area contributed by atoms with Crippen LogP contribution in [0.4, 0.5) is 10.1 Å². The van der Waals surface area contributed by atoms with Gasteiger partial charge >= 0.3 is 11.9 Å². The fourth-order valence-electron chi connectivity index (χ4n) is 13.0. The van der Waals surface area contributed by atoms with E-state index in [1.165, 1.54) is 52.8 Å². The van der Waals surface area contributed by atoms with Crippen LogP contribution in [-0.4, -0.2) is 216 Å². The van der Waals surface area contributed by atoms with E-state index < -0.39 is 189 Å². The lowest BCUT2D eigenvalue weighted by Crippen LogP contribution is -2.64. The van der Waals surface area contributed by atoms with Crippen LogP contribution in [0.2, 0.25) is 0 Å². The molecule has 14 unspecified atom stereocenters. The van der Waals surface area contributed by atoms with Gasteiger partial charge in [-0.05, 0) is 106 Å². The maximum absolute atomic E-state index is 14.8. The van der Waals surface area contributed by atoms with Crippen molar-refractivity contribution in [2.24, 2.45) is 11.8 Å². The zero-order valence-electron chi connectivity index (χ0n) is 53.6. The number of amides is 2. The highest BCUT2D eigenvalue weighted by atomic mass is 32.2. The Bertz CT molecular complexity index is 4240. The first-order valence-electron chi connectivity index (χ1n) is 32.2. The number of benzene rings is 4. The number of fused-ring (bicyclic) bond motifs is 1. The van der Waals surface area contributed by atoms with E-state index in [1.807, 2.05) is 0 Å². The molecule has 33 nitrogen and oxygen atoms in total. The predicted octanol–water partition coefficient (Wildman–Crippen LogP) is 2.79. The number of carbonyl (C=O) groups is 4. The summed E-state index contributed by atoms with van der Waals surface area (Å²) in [5.41, 5.74) is 0.593. The van der Waals surface area contributed by atoms with Gasteiger partial charge in [-0.1, -0.05) is 72.9 Å². The molecule has 0 bridgehead atoms. The molecule has 15 atom stereocenters. The Morgan fingerprint density at radius 1 is 0.740 bits per heavy atom. The summed E-state index contributed by atoms with van der Waals surface area (Å²) >= 11 is 0. The van der Waals surface area contributed by atoms with Crippen molar-refractivity contribution in [1.29, 1.82) is 0 Å². The van der Waals surface area contributed by atoms with Gasteiger partial charge in [0.15, 0.2) is 24.8 Å². The topological polar surface area (TPSA) is 494 Å². The molecule has 0 radical (unpaired) electrons. The van der Waals surface area contributed by atoms with Crippen LogP contribution >= 0.6 is 0 Å². The van der Waals surface area contributed by atoms with Crippen LogP contribution in [0.3, 0.4) is 0 Å². The number of ether oxygens (including phenoxy) is 6. The maximum atomic E-state index is 14.8. The van der Waals surface area contributed by atoms with Gasteiger partial charge in [0.25, 0.3) is 30.4 Å². The summed E-state index contributed by atoms with van der Waals surface area (Å²) in [5.74, 6) is -5.36. The molecule has 100 heavy (non-hydrogen) atoms. The molecule has 2 saturated heterocycles. The van der Waals surface area contributed by atoms with E-state index in [0.29, 0.717) is 49.1 Å². The van der Waals surface area contributed by atoms with Crippen molar-refractivity contribution in [2.45, 2.75) is 197 Å². The number of hydrogen-bond donors (Lipinski definition) is 11. The number of aromatic nitrogens is 6. The molecule has 4 heterocycles.